The summed E-state index contributed by atoms with van der Waals surface area (Å²) in [6, 6.07) is 5.53. The average Bonchev–Trinajstić information content (AvgIpc) is 2.29. The molecular formula is C15H23NO3. The quantitative estimate of drug-likeness (QED) is 0.879. The second-order valence-corrected chi connectivity index (χ2v) is 5.75. The summed E-state index contributed by atoms with van der Waals surface area (Å²) in [6.07, 6.45) is -0.00543. The lowest BCUT2D eigenvalue weighted by Gasteiger charge is -2.21. The average molecular weight is 265 g/mol. The molecule has 0 spiro atoms. The van der Waals surface area contributed by atoms with Gasteiger partial charge < -0.3 is 15.2 Å². The van der Waals surface area contributed by atoms with Crippen molar-refractivity contribution < 1.29 is 14.6 Å². The fourth-order valence-corrected chi connectivity index (χ4v) is 1.68. The van der Waals surface area contributed by atoms with Crippen LogP contribution in [0, 0.1) is 5.41 Å². The molecular weight excluding hydrogens is 242 g/mol. The third-order valence-electron chi connectivity index (χ3n) is 2.77. The van der Waals surface area contributed by atoms with Crippen LogP contribution in [0.2, 0.25) is 0 Å². The molecule has 0 bridgehead atoms. The zero-order valence-electron chi connectivity index (χ0n) is 12.3. The van der Waals surface area contributed by atoms with Crippen LogP contribution >= 0.6 is 0 Å². The Bertz CT molecular complexity index is 447. The maximum Gasteiger partial charge on any atom is 0.229 e. The Morgan fingerprint density at radius 1 is 1.42 bits per heavy atom. The summed E-state index contributed by atoms with van der Waals surface area (Å²) in [5.41, 5.74) is 1.03. The lowest BCUT2D eigenvalue weighted by molar-refractivity contribution is -0.123. The minimum absolute atomic E-state index is 0.0798. The smallest absolute Gasteiger partial charge is 0.229 e. The summed E-state index contributed by atoms with van der Waals surface area (Å²) in [6.45, 7) is 7.28. The van der Waals surface area contributed by atoms with Gasteiger partial charge in [0.1, 0.15) is 5.75 Å². The first kappa shape index (κ1) is 15.5. The number of anilines is 1. The molecule has 4 heteroatoms. The van der Waals surface area contributed by atoms with Gasteiger partial charge >= 0.3 is 0 Å². The van der Waals surface area contributed by atoms with Crippen molar-refractivity contribution in [2.45, 2.75) is 40.2 Å². The van der Waals surface area contributed by atoms with E-state index in [1.165, 1.54) is 0 Å². The number of hydrogen-bond acceptors (Lipinski definition) is 3. The van der Waals surface area contributed by atoms with Gasteiger partial charge in [0.25, 0.3) is 0 Å². The van der Waals surface area contributed by atoms with E-state index in [0.29, 0.717) is 17.9 Å². The molecule has 0 aliphatic carbocycles. The highest BCUT2D eigenvalue weighted by Crippen LogP contribution is 2.31. The summed E-state index contributed by atoms with van der Waals surface area (Å²) < 4.78 is 5.28. The molecule has 0 aliphatic rings. The summed E-state index contributed by atoms with van der Waals surface area (Å²) >= 11 is 0. The predicted octanol–water partition coefficient (Wildman–Crippen LogP) is 2.60. The van der Waals surface area contributed by atoms with Gasteiger partial charge in [-0.25, -0.2) is 0 Å². The zero-order chi connectivity index (χ0) is 14.6. The fourth-order valence-electron chi connectivity index (χ4n) is 1.68. The normalized spacial score (nSPS) is 12.9. The number of methoxy groups -OCH3 is 1. The lowest BCUT2D eigenvalue weighted by atomic mass is 9.95. The number of rotatable bonds is 4. The molecule has 0 saturated carbocycles. The SMILES string of the molecule is COc1cccc(CC(C)O)c1NC(=O)C(C)(C)C. The van der Waals surface area contributed by atoms with Gasteiger partial charge in [0.15, 0.2) is 0 Å². The monoisotopic (exact) mass is 265 g/mol. The molecule has 2 N–H and O–H groups in total. The van der Waals surface area contributed by atoms with Gasteiger partial charge in [-0.2, -0.15) is 0 Å². The van der Waals surface area contributed by atoms with Crippen LogP contribution in [0.4, 0.5) is 5.69 Å². The van der Waals surface area contributed by atoms with Gasteiger partial charge in [0, 0.05) is 11.8 Å². The van der Waals surface area contributed by atoms with Crippen molar-refractivity contribution in [3.8, 4) is 5.75 Å². The Labute approximate surface area is 114 Å². The van der Waals surface area contributed by atoms with Crippen LogP contribution < -0.4 is 10.1 Å². The van der Waals surface area contributed by atoms with Crippen molar-refractivity contribution in [3.05, 3.63) is 23.8 Å². The summed E-state index contributed by atoms with van der Waals surface area (Å²) in [4.78, 5) is 12.1. The van der Waals surface area contributed by atoms with Gasteiger partial charge in [-0.1, -0.05) is 32.9 Å². The number of ether oxygens (including phenoxy) is 1. The number of hydrogen-bond donors (Lipinski definition) is 2. The first-order valence-electron chi connectivity index (χ1n) is 6.41. The van der Waals surface area contributed by atoms with E-state index in [2.05, 4.69) is 5.32 Å². The third kappa shape index (κ3) is 4.24. The maximum absolute atomic E-state index is 12.1. The standard InChI is InChI=1S/C15H23NO3/c1-10(17)9-11-7-6-8-12(19-5)13(11)16-14(18)15(2,3)4/h6-8,10,17H,9H2,1-5H3,(H,16,18). The minimum Gasteiger partial charge on any atom is -0.495 e. The molecule has 1 rings (SSSR count). The molecule has 0 saturated heterocycles. The number of para-hydroxylation sites is 1. The lowest BCUT2D eigenvalue weighted by Crippen LogP contribution is -2.28. The number of aliphatic hydroxyl groups excluding tert-OH is 1. The molecule has 1 aromatic carbocycles. The molecule has 1 unspecified atom stereocenters. The van der Waals surface area contributed by atoms with E-state index in [0.717, 1.165) is 5.56 Å². The number of nitrogens with one attached hydrogen (secondary N) is 1. The fraction of sp³-hybridized carbons (Fsp3) is 0.533. The van der Waals surface area contributed by atoms with Crippen molar-refractivity contribution in [1.29, 1.82) is 0 Å². The Morgan fingerprint density at radius 3 is 2.53 bits per heavy atom. The van der Waals surface area contributed by atoms with Gasteiger partial charge in [0.2, 0.25) is 5.91 Å². The van der Waals surface area contributed by atoms with E-state index in [9.17, 15) is 9.90 Å². The number of amides is 1. The topological polar surface area (TPSA) is 58.6 Å². The van der Waals surface area contributed by atoms with Crippen molar-refractivity contribution in [1.82, 2.24) is 0 Å². The highest BCUT2D eigenvalue weighted by Gasteiger charge is 2.23. The second kappa shape index (κ2) is 6.06. The Kier molecular flexibility index (Phi) is 4.95. The minimum atomic E-state index is -0.483. The second-order valence-electron chi connectivity index (χ2n) is 5.75. The molecule has 0 aliphatic heterocycles. The number of carbonyl (C=O) groups excluding carboxylic acids is 1. The maximum atomic E-state index is 12.1. The van der Waals surface area contributed by atoms with E-state index in [-0.39, 0.29) is 5.91 Å². The van der Waals surface area contributed by atoms with Crippen LogP contribution in [0.5, 0.6) is 5.75 Å². The number of aliphatic hydroxyl groups is 1. The largest absolute Gasteiger partial charge is 0.495 e. The molecule has 1 amide bonds. The van der Waals surface area contributed by atoms with E-state index in [1.54, 1.807) is 20.1 Å². The first-order valence-corrected chi connectivity index (χ1v) is 6.41. The molecule has 106 valence electrons. The van der Waals surface area contributed by atoms with Crippen LogP contribution in [-0.2, 0) is 11.2 Å². The Hall–Kier alpha value is -1.55. The molecule has 0 fully saturated rings. The van der Waals surface area contributed by atoms with Crippen molar-refractivity contribution in [3.63, 3.8) is 0 Å². The third-order valence-corrected chi connectivity index (χ3v) is 2.77. The van der Waals surface area contributed by atoms with Gasteiger partial charge in [0.05, 0.1) is 18.9 Å². The summed E-state index contributed by atoms with van der Waals surface area (Å²) in [5.74, 6) is 0.527. The molecule has 0 radical (unpaired) electrons. The van der Waals surface area contributed by atoms with E-state index in [4.69, 9.17) is 4.74 Å². The molecule has 0 aromatic heterocycles. The predicted molar refractivity (Wildman–Crippen MR) is 76.5 cm³/mol. The van der Waals surface area contributed by atoms with Gasteiger partial charge in [-0.3, -0.25) is 4.79 Å². The van der Waals surface area contributed by atoms with Crippen LogP contribution in [0.15, 0.2) is 18.2 Å². The molecule has 1 aromatic rings. The van der Waals surface area contributed by atoms with Crippen LogP contribution in [-0.4, -0.2) is 24.2 Å². The van der Waals surface area contributed by atoms with Crippen molar-refractivity contribution in [2.24, 2.45) is 5.41 Å². The zero-order valence-corrected chi connectivity index (χ0v) is 12.3. The summed E-state index contributed by atoms with van der Waals surface area (Å²) in [7, 11) is 1.56. The Balaban J connectivity index is 3.11. The molecule has 0 heterocycles. The first-order chi connectivity index (χ1) is 8.75. The molecule has 4 nitrogen and oxygen atoms in total. The van der Waals surface area contributed by atoms with E-state index < -0.39 is 11.5 Å². The highest BCUT2D eigenvalue weighted by molar-refractivity contribution is 5.96. The van der Waals surface area contributed by atoms with E-state index in [1.807, 2.05) is 32.9 Å². The van der Waals surface area contributed by atoms with Gasteiger partial charge in [-0.15, -0.1) is 0 Å². The summed E-state index contributed by atoms with van der Waals surface area (Å²) in [5, 5.41) is 12.4. The molecule has 1 atom stereocenters. The van der Waals surface area contributed by atoms with Crippen LogP contribution in [0.3, 0.4) is 0 Å². The van der Waals surface area contributed by atoms with Gasteiger partial charge in [-0.05, 0) is 18.6 Å². The highest BCUT2D eigenvalue weighted by atomic mass is 16.5. The Morgan fingerprint density at radius 2 is 2.05 bits per heavy atom. The number of carbonyl (C=O) groups is 1. The van der Waals surface area contributed by atoms with Crippen LogP contribution in [0.25, 0.3) is 0 Å². The van der Waals surface area contributed by atoms with Crippen molar-refractivity contribution >= 4 is 11.6 Å². The van der Waals surface area contributed by atoms with Crippen LogP contribution in [0.1, 0.15) is 33.3 Å². The number of benzene rings is 1. The molecule has 19 heavy (non-hydrogen) atoms. The van der Waals surface area contributed by atoms with E-state index >= 15 is 0 Å². The van der Waals surface area contributed by atoms with Crippen molar-refractivity contribution in [2.75, 3.05) is 12.4 Å².